The lowest BCUT2D eigenvalue weighted by atomic mass is 9.98. The third-order valence-electron chi connectivity index (χ3n) is 4.44. The summed E-state index contributed by atoms with van der Waals surface area (Å²) >= 11 is 0. The second-order valence-corrected chi connectivity index (χ2v) is 6.26. The standard InChI is InChI=1S/C20H14F3N3O6/c1-31-18(27)15-16(14-12(20(21,22)23)9-6-10-13(14)26(29)30)24-25(17(15)19(28)32-2)11-7-4-3-5-8-11/h3-10H,1-2H3. The summed E-state index contributed by atoms with van der Waals surface area (Å²) in [5.41, 5.74) is -5.16. The molecule has 0 fully saturated rings. The molecule has 0 saturated heterocycles. The van der Waals surface area contributed by atoms with E-state index in [4.69, 9.17) is 4.74 Å². The molecule has 0 aliphatic carbocycles. The third-order valence-corrected chi connectivity index (χ3v) is 4.44. The van der Waals surface area contributed by atoms with Gasteiger partial charge in [0.05, 0.1) is 36.0 Å². The molecule has 1 aromatic heterocycles. The van der Waals surface area contributed by atoms with Gasteiger partial charge in [-0.05, 0) is 18.2 Å². The van der Waals surface area contributed by atoms with Crippen molar-refractivity contribution in [2.75, 3.05) is 14.2 Å². The Balaban J connectivity index is 2.54. The number of halogens is 3. The highest BCUT2D eigenvalue weighted by molar-refractivity contribution is 6.07. The Hall–Kier alpha value is -4.22. The summed E-state index contributed by atoms with van der Waals surface area (Å²) in [6, 6.07) is 9.99. The molecule has 0 bridgehead atoms. The molecular weight excluding hydrogens is 435 g/mol. The third kappa shape index (κ3) is 3.89. The molecule has 1 heterocycles. The van der Waals surface area contributed by atoms with Gasteiger partial charge in [0.1, 0.15) is 11.3 Å². The Kier molecular flexibility index (Phi) is 5.96. The lowest BCUT2D eigenvalue weighted by Crippen LogP contribution is -2.15. The number of hydrogen-bond donors (Lipinski definition) is 0. The smallest absolute Gasteiger partial charge is 0.417 e. The molecule has 0 aliphatic heterocycles. The van der Waals surface area contributed by atoms with E-state index in [0.29, 0.717) is 6.07 Å². The largest absolute Gasteiger partial charge is 0.465 e. The topological polar surface area (TPSA) is 114 Å². The molecule has 2 aromatic carbocycles. The number of nitro benzene ring substituents is 1. The summed E-state index contributed by atoms with van der Waals surface area (Å²) in [5, 5.41) is 15.6. The maximum Gasteiger partial charge on any atom is 0.417 e. The first-order valence-corrected chi connectivity index (χ1v) is 8.81. The van der Waals surface area contributed by atoms with Crippen molar-refractivity contribution >= 4 is 17.6 Å². The maximum absolute atomic E-state index is 13.8. The van der Waals surface area contributed by atoms with Crippen molar-refractivity contribution in [3.63, 3.8) is 0 Å². The second-order valence-electron chi connectivity index (χ2n) is 6.26. The molecule has 0 N–H and O–H groups in total. The normalized spacial score (nSPS) is 11.2. The highest BCUT2D eigenvalue weighted by atomic mass is 19.4. The van der Waals surface area contributed by atoms with Crippen LogP contribution in [0.5, 0.6) is 0 Å². The van der Waals surface area contributed by atoms with Crippen molar-refractivity contribution in [1.29, 1.82) is 0 Å². The number of aromatic nitrogens is 2. The Morgan fingerprint density at radius 3 is 2.16 bits per heavy atom. The lowest BCUT2D eigenvalue weighted by molar-refractivity contribution is -0.384. The number of ether oxygens (including phenoxy) is 2. The molecule has 3 aromatic rings. The van der Waals surface area contributed by atoms with Crippen LogP contribution in [0.4, 0.5) is 18.9 Å². The molecule has 0 aliphatic rings. The van der Waals surface area contributed by atoms with E-state index in [2.05, 4.69) is 9.84 Å². The molecule has 0 amide bonds. The first-order chi connectivity index (χ1) is 15.1. The zero-order valence-electron chi connectivity index (χ0n) is 16.5. The number of alkyl halides is 3. The van der Waals surface area contributed by atoms with Crippen LogP contribution in [0.1, 0.15) is 26.4 Å². The predicted octanol–water partition coefficient (Wildman–Crippen LogP) is 4.04. The minimum Gasteiger partial charge on any atom is -0.465 e. The van der Waals surface area contributed by atoms with Crippen molar-refractivity contribution in [1.82, 2.24) is 9.78 Å². The first-order valence-electron chi connectivity index (χ1n) is 8.81. The predicted molar refractivity (Wildman–Crippen MR) is 103 cm³/mol. The molecule has 0 atom stereocenters. The molecule has 3 rings (SSSR count). The van der Waals surface area contributed by atoms with Crippen molar-refractivity contribution < 1.29 is 37.2 Å². The summed E-state index contributed by atoms with van der Waals surface area (Å²) < 4.78 is 51.6. The van der Waals surface area contributed by atoms with E-state index in [1.807, 2.05) is 0 Å². The number of carbonyl (C=O) groups excluding carboxylic acids is 2. The zero-order valence-corrected chi connectivity index (χ0v) is 16.5. The number of para-hydroxylation sites is 1. The number of nitro groups is 1. The van der Waals surface area contributed by atoms with Gasteiger partial charge in [0.15, 0.2) is 5.69 Å². The van der Waals surface area contributed by atoms with E-state index in [-0.39, 0.29) is 5.69 Å². The Bertz CT molecular complexity index is 1210. The van der Waals surface area contributed by atoms with Crippen LogP contribution in [0.2, 0.25) is 0 Å². The average Bonchev–Trinajstić information content (AvgIpc) is 3.17. The van der Waals surface area contributed by atoms with Crippen LogP contribution in [0, 0.1) is 10.1 Å². The highest BCUT2D eigenvalue weighted by Crippen LogP contribution is 2.43. The molecule has 32 heavy (non-hydrogen) atoms. The number of nitrogens with zero attached hydrogens (tertiary/aromatic N) is 3. The minimum absolute atomic E-state index is 0.191. The van der Waals surface area contributed by atoms with Gasteiger partial charge in [0.2, 0.25) is 0 Å². The van der Waals surface area contributed by atoms with Crippen LogP contribution in [0.3, 0.4) is 0 Å². The van der Waals surface area contributed by atoms with E-state index in [9.17, 15) is 32.9 Å². The summed E-state index contributed by atoms with van der Waals surface area (Å²) in [7, 11) is 1.94. The molecule has 0 radical (unpaired) electrons. The Morgan fingerprint density at radius 1 is 1.00 bits per heavy atom. The maximum atomic E-state index is 13.8. The SMILES string of the molecule is COC(=O)c1c(-c2c([N+](=O)[O-])cccc2C(F)(F)F)nn(-c2ccccc2)c1C(=O)OC. The van der Waals surface area contributed by atoms with Gasteiger partial charge in [-0.3, -0.25) is 10.1 Å². The zero-order chi connectivity index (χ0) is 23.6. The van der Waals surface area contributed by atoms with E-state index in [1.54, 1.807) is 18.2 Å². The number of methoxy groups -OCH3 is 2. The molecule has 0 spiro atoms. The van der Waals surface area contributed by atoms with Crippen LogP contribution < -0.4 is 0 Å². The number of benzene rings is 2. The number of carbonyl (C=O) groups is 2. The van der Waals surface area contributed by atoms with Gasteiger partial charge in [-0.25, -0.2) is 14.3 Å². The van der Waals surface area contributed by atoms with Crippen LogP contribution in [-0.2, 0) is 15.7 Å². The molecular formula is C20H14F3N3O6. The fraction of sp³-hybridized carbons (Fsp3) is 0.150. The van der Waals surface area contributed by atoms with Crippen LogP contribution in [0.25, 0.3) is 16.9 Å². The summed E-state index contributed by atoms with van der Waals surface area (Å²) in [6.07, 6.45) is -5.03. The minimum atomic E-state index is -5.03. The fourth-order valence-electron chi connectivity index (χ4n) is 3.11. The van der Waals surface area contributed by atoms with Gasteiger partial charge in [0.25, 0.3) is 5.69 Å². The quantitative estimate of drug-likeness (QED) is 0.328. The number of hydrogen-bond acceptors (Lipinski definition) is 7. The number of rotatable bonds is 5. The van der Waals surface area contributed by atoms with Gasteiger partial charge >= 0.3 is 18.1 Å². The van der Waals surface area contributed by atoms with Crippen LogP contribution in [-0.4, -0.2) is 40.9 Å². The summed E-state index contributed by atoms with van der Waals surface area (Å²) in [6.45, 7) is 0. The summed E-state index contributed by atoms with van der Waals surface area (Å²) in [4.78, 5) is 35.7. The van der Waals surface area contributed by atoms with E-state index in [1.165, 1.54) is 12.1 Å². The fourth-order valence-corrected chi connectivity index (χ4v) is 3.11. The van der Waals surface area contributed by atoms with Crippen molar-refractivity contribution in [3.8, 4) is 16.9 Å². The molecule has 0 saturated carbocycles. The van der Waals surface area contributed by atoms with Crippen molar-refractivity contribution in [3.05, 3.63) is 75.5 Å². The van der Waals surface area contributed by atoms with Gasteiger partial charge < -0.3 is 9.47 Å². The molecule has 0 unspecified atom stereocenters. The van der Waals surface area contributed by atoms with Gasteiger partial charge in [-0.1, -0.05) is 24.3 Å². The van der Waals surface area contributed by atoms with Gasteiger partial charge in [-0.15, -0.1) is 0 Å². The first kappa shape index (κ1) is 22.5. The molecule has 9 nitrogen and oxygen atoms in total. The second kappa shape index (κ2) is 8.49. The molecule has 166 valence electrons. The monoisotopic (exact) mass is 449 g/mol. The average molecular weight is 449 g/mol. The van der Waals surface area contributed by atoms with Gasteiger partial charge in [0, 0.05) is 6.07 Å². The number of esters is 2. The molecule has 12 heteroatoms. The van der Waals surface area contributed by atoms with Gasteiger partial charge in [-0.2, -0.15) is 18.3 Å². The summed E-state index contributed by atoms with van der Waals surface area (Å²) in [5.74, 6) is -2.34. The van der Waals surface area contributed by atoms with Crippen LogP contribution >= 0.6 is 0 Å². The van der Waals surface area contributed by atoms with Crippen molar-refractivity contribution in [2.45, 2.75) is 6.18 Å². The van der Waals surface area contributed by atoms with Crippen molar-refractivity contribution in [2.24, 2.45) is 0 Å². The Labute approximate surface area is 178 Å². The van der Waals surface area contributed by atoms with E-state index in [0.717, 1.165) is 31.0 Å². The van der Waals surface area contributed by atoms with E-state index < -0.39 is 56.8 Å². The Morgan fingerprint density at radius 2 is 1.62 bits per heavy atom. The lowest BCUT2D eigenvalue weighted by Gasteiger charge is -2.12. The van der Waals surface area contributed by atoms with E-state index >= 15 is 0 Å². The van der Waals surface area contributed by atoms with Crippen LogP contribution in [0.15, 0.2) is 48.5 Å². The highest BCUT2D eigenvalue weighted by Gasteiger charge is 2.41.